The van der Waals surface area contributed by atoms with Crippen molar-refractivity contribution in [2.75, 3.05) is 13.7 Å². The summed E-state index contributed by atoms with van der Waals surface area (Å²) >= 11 is 0. The van der Waals surface area contributed by atoms with Crippen LogP contribution in [0, 0.1) is 11.3 Å². The Morgan fingerprint density at radius 1 is 1.46 bits per heavy atom. The molecule has 0 aromatic heterocycles. The normalized spacial score (nSPS) is 28.3. The summed E-state index contributed by atoms with van der Waals surface area (Å²) in [5.74, 6) is 0. The van der Waals surface area contributed by atoms with Crippen molar-refractivity contribution in [1.82, 2.24) is 5.32 Å². The van der Waals surface area contributed by atoms with Crippen molar-refractivity contribution >= 4 is 0 Å². The average Bonchev–Trinajstić information content (AvgIpc) is 2.19. The molecule has 3 heteroatoms. The number of hydrogen-bond acceptors (Lipinski definition) is 3. The van der Waals surface area contributed by atoms with E-state index in [1.54, 1.807) is 7.11 Å². The lowest BCUT2D eigenvalue weighted by molar-refractivity contribution is 0.0422. The average molecular weight is 182 g/mol. The third-order valence-electron chi connectivity index (χ3n) is 2.65. The first-order valence-corrected chi connectivity index (χ1v) is 5.01. The Labute approximate surface area is 80.1 Å². The van der Waals surface area contributed by atoms with Crippen molar-refractivity contribution in [1.29, 1.82) is 5.26 Å². The first kappa shape index (κ1) is 10.5. The Kier molecular flexibility index (Phi) is 4.81. The Bertz CT molecular complexity index is 176. The van der Waals surface area contributed by atoms with Gasteiger partial charge in [-0.1, -0.05) is 12.8 Å². The Balaban J connectivity index is 2.24. The maximum atomic E-state index is 8.40. The zero-order valence-corrected chi connectivity index (χ0v) is 8.25. The maximum Gasteiger partial charge on any atom is 0.0724 e. The van der Waals surface area contributed by atoms with Gasteiger partial charge in [0.1, 0.15) is 0 Å². The first-order chi connectivity index (χ1) is 6.38. The second-order valence-corrected chi connectivity index (χ2v) is 3.53. The molecule has 1 fully saturated rings. The van der Waals surface area contributed by atoms with Gasteiger partial charge in [-0.25, -0.2) is 0 Å². The molecule has 0 amide bonds. The molecule has 0 bridgehead atoms. The van der Waals surface area contributed by atoms with Crippen molar-refractivity contribution in [2.24, 2.45) is 0 Å². The van der Waals surface area contributed by atoms with Crippen LogP contribution in [0.25, 0.3) is 0 Å². The van der Waals surface area contributed by atoms with Crippen molar-refractivity contribution < 1.29 is 4.74 Å². The molecule has 2 unspecified atom stereocenters. The molecule has 0 aliphatic heterocycles. The van der Waals surface area contributed by atoms with E-state index in [0.29, 0.717) is 18.6 Å². The smallest absolute Gasteiger partial charge is 0.0724 e. The van der Waals surface area contributed by atoms with Gasteiger partial charge in [0.15, 0.2) is 0 Å². The molecule has 13 heavy (non-hydrogen) atoms. The molecule has 74 valence electrons. The lowest BCUT2D eigenvalue weighted by Gasteiger charge is -2.30. The minimum Gasteiger partial charge on any atom is -0.380 e. The van der Waals surface area contributed by atoms with Crippen molar-refractivity contribution in [3.05, 3.63) is 0 Å². The number of nitrogens with one attached hydrogen (secondary N) is 1. The third kappa shape index (κ3) is 3.33. The fourth-order valence-electron chi connectivity index (χ4n) is 1.93. The third-order valence-corrected chi connectivity index (χ3v) is 2.65. The van der Waals surface area contributed by atoms with Gasteiger partial charge >= 0.3 is 0 Å². The molecule has 3 nitrogen and oxygen atoms in total. The van der Waals surface area contributed by atoms with E-state index >= 15 is 0 Å². The SMILES string of the molecule is COC1CCCCC1NCCC#N. The van der Waals surface area contributed by atoms with Crippen molar-refractivity contribution in [3.63, 3.8) is 0 Å². The second kappa shape index (κ2) is 5.95. The van der Waals surface area contributed by atoms with Crippen LogP contribution in [0.15, 0.2) is 0 Å². The number of hydrogen-bond donors (Lipinski definition) is 1. The van der Waals surface area contributed by atoms with Gasteiger partial charge in [-0.15, -0.1) is 0 Å². The quantitative estimate of drug-likeness (QED) is 0.669. The van der Waals surface area contributed by atoms with Gasteiger partial charge in [0.05, 0.1) is 12.2 Å². The molecule has 1 aliphatic rings. The number of rotatable bonds is 4. The first-order valence-electron chi connectivity index (χ1n) is 5.01. The molecule has 1 saturated carbocycles. The monoisotopic (exact) mass is 182 g/mol. The van der Waals surface area contributed by atoms with Crippen LogP contribution in [0.1, 0.15) is 32.1 Å². The van der Waals surface area contributed by atoms with Crippen LogP contribution in [0.3, 0.4) is 0 Å². The zero-order chi connectivity index (χ0) is 9.52. The molecule has 1 aliphatic carbocycles. The maximum absolute atomic E-state index is 8.40. The van der Waals surface area contributed by atoms with E-state index in [-0.39, 0.29) is 0 Å². The van der Waals surface area contributed by atoms with Gasteiger partial charge in [-0.2, -0.15) is 5.26 Å². The lowest BCUT2D eigenvalue weighted by atomic mass is 9.92. The topological polar surface area (TPSA) is 45.0 Å². The van der Waals surface area contributed by atoms with Crippen LogP contribution < -0.4 is 5.32 Å². The molecule has 0 spiro atoms. The number of ether oxygens (including phenoxy) is 1. The van der Waals surface area contributed by atoms with Crippen LogP contribution in [0.5, 0.6) is 0 Å². The van der Waals surface area contributed by atoms with E-state index in [1.807, 2.05) is 0 Å². The highest BCUT2D eigenvalue weighted by atomic mass is 16.5. The van der Waals surface area contributed by atoms with Crippen LogP contribution in [-0.4, -0.2) is 25.8 Å². The summed E-state index contributed by atoms with van der Waals surface area (Å²) in [4.78, 5) is 0. The molecule has 0 aromatic carbocycles. The van der Waals surface area contributed by atoms with E-state index < -0.39 is 0 Å². The van der Waals surface area contributed by atoms with Gasteiger partial charge in [0, 0.05) is 26.1 Å². The summed E-state index contributed by atoms with van der Waals surface area (Å²) in [5.41, 5.74) is 0. The Morgan fingerprint density at radius 2 is 2.23 bits per heavy atom. The standard InChI is InChI=1S/C10H18N2O/c1-13-10-6-3-2-5-9(10)12-8-4-7-11/h9-10,12H,2-6,8H2,1H3. The predicted octanol–water partition coefficient (Wildman–Crippen LogP) is 1.45. The summed E-state index contributed by atoms with van der Waals surface area (Å²) in [5, 5.41) is 11.8. The Morgan fingerprint density at radius 3 is 2.92 bits per heavy atom. The van der Waals surface area contributed by atoms with Gasteiger partial charge in [-0.05, 0) is 12.8 Å². The van der Waals surface area contributed by atoms with Crippen LogP contribution in [0.4, 0.5) is 0 Å². The highest BCUT2D eigenvalue weighted by Gasteiger charge is 2.23. The minimum atomic E-state index is 0.354. The molecule has 0 aromatic rings. The highest BCUT2D eigenvalue weighted by Crippen LogP contribution is 2.20. The fraction of sp³-hybridized carbons (Fsp3) is 0.900. The number of nitriles is 1. The summed E-state index contributed by atoms with van der Waals surface area (Å²) in [6, 6.07) is 2.60. The molecular formula is C10H18N2O. The van der Waals surface area contributed by atoms with Crippen LogP contribution in [0.2, 0.25) is 0 Å². The second-order valence-electron chi connectivity index (χ2n) is 3.53. The summed E-state index contributed by atoms with van der Waals surface area (Å²) in [7, 11) is 1.77. The van der Waals surface area contributed by atoms with E-state index in [9.17, 15) is 0 Å². The van der Waals surface area contributed by atoms with Crippen LogP contribution in [-0.2, 0) is 4.74 Å². The van der Waals surface area contributed by atoms with Gasteiger partial charge < -0.3 is 10.1 Å². The summed E-state index contributed by atoms with van der Waals surface area (Å²) in [6.45, 7) is 0.793. The minimum absolute atomic E-state index is 0.354. The van der Waals surface area contributed by atoms with E-state index in [4.69, 9.17) is 10.00 Å². The molecule has 1 rings (SSSR count). The lowest BCUT2D eigenvalue weighted by Crippen LogP contribution is -2.43. The van der Waals surface area contributed by atoms with Crippen molar-refractivity contribution in [2.45, 2.75) is 44.2 Å². The molecule has 0 saturated heterocycles. The molecule has 0 heterocycles. The summed E-state index contributed by atoms with van der Waals surface area (Å²) in [6.07, 6.45) is 5.84. The largest absolute Gasteiger partial charge is 0.380 e. The van der Waals surface area contributed by atoms with E-state index in [0.717, 1.165) is 13.0 Å². The highest BCUT2D eigenvalue weighted by molar-refractivity contribution is 4.82. The van der Waals surface area contributed by atoms with E-state index in [2.05, 4.69) is 11.4 Å². The Hall–Kier alpha value is -0.590. The summed E-state index contributed by atoms with van der Waals surface area (Å²) < 4.78 is 5.39. The number of methoxy groups -OCH3 is 1. The van der Waals surface area contributed by atoms with Crippen LogP contribution >= 0.6 is 0 Å². The molecule has 2 atom stereocenters. The zero-order valence-electron chi connectivity index (χ0n) is 8.25. The fourth-order valence-corrected chi connectivity index (χ4v) is 1.93. The van der Waals surface area contributed by atoms with Gasteiger partial charge in [0.2, 0.25) is 0 Å². The predicted molar refractivity (Wildman–Crippen MR) is 51.3 cm³/mol. The van der Waals surface area contributed by atoms with Gasteiger partial charge in [-0.3, -0.25) is 0 Å². The molecular weight excluding hydrogens is 164 g/mol. The van der Waals surface area contributed by atoms with Crippen molar-refractivity contribution in [3.8, 4) is 6.07 Å². The van der Waals surface area contributed by atoms with E-state index in [1.165, 1.54) is 19.3 Å². The molecule has 1 N–H and O–H groups in total. The molecule has 0 radical (unpaired) electrons. The van der Waals surface area contributed by atoms with Gasteiger partial charge in [0.25, 0.3) is 0 Å². The number of nitrogens with zero attached hydrogens (tertiary/aromatic N) is 1.